The topological polar surface area (TPSA) is 52.6 Å². The number of guanidine groups is 1. The molecule has 1 aliphatic rings. The smallest absolute Gasteiger partial charge is 0.191 e. The maximum atomic E-state index is 5.80. The number of aliphatic imine (C=N–C) groups is 1. The third kappa shape index (κ3) is 5.36. The summed E-state index contributed by atoms with van der Waals surface area (Å²) in [5, 5.41) is 7.47. The van der Waals surface area contributed by atoms with Gasteiger partial charge in [0, 0.05) is 45.0 Å². The van der Waals surface area contributed by atoms with Crippen molar-refractivity contribution in [3.8, 4) is 0 Å². The highest BCUT2D eigenvalue weighted by atomic mass is 35.5. The Balaban J connectivity index is 1.78. The molecule has 2 N–H and O–H groups in total. The predicted molar refractivity (Wildman–Crippen MR) is 97.1 cm³/mol. The third-order valence-corrected chi connectivity index (χ3v) is 4.63. The highest BCUT2D eigenvalue weighted by Gasteiger charge is 2.31. The van der Waals surface area contributed by atoms with Crippen LogP contribution in [0.25, 0.3) is 0 Å². The average molecular weight is 338 g/mol. The number of aromatic nitrogens is 1. The molecule has 0 aromatic carbocycles. The van der Waals surface area contributed by atoms with Gasteiger partial charge in [0.2, 0.25) is 0 Å². The van der Waals surface area contributed by atoms with E-state index in [9.17, 15) is 0 Å². The van der Waals surface area contributed by atoms with Crippen LogP contribution >= 0.6 is 11.6 Å². The highest BCUT2D eigenvalue weighted by molar-refractivity contribution is 6.29. The van der Waals surface area contributed by atoms with E-state index in [-0.39, 0.29) is 0 Å². The van der Waals surface area contributed by atoms with Crippen molar-refractivity contribution in [2.45, 2.75) is 39.3 Å². The molecule has 2 atom stereocenters. The van der Waals surface area contributed by atoms with Crippen LogP contribution in [-0.4, -0.2) is 54.6 Å². The number of hydrogen-bond donors (Lipinski definition) is 2. The van der Waals surface area contributed by atoms with Crippen molar-refractivity contribution >= 4 is 17.6 Å². The predicted octanol–water partition coefficient (Wildman–Crippen LogP) is 2.17. The van der Waals surface area contributed by atoms with Crippen molar-refractivity contribution in [3.63, 3.8) is 0 Å². The number of rotatable bonds is 5. The lowest BCUT2D eigenvalue weighted by Gasteiger charge is -2.22. The van der Waals surface area contributed by atoms with Crippen LogP contribution in [0.3, 0.4) is 0 Å². The van der Waals surface area contributed by atoms with Crippen LogP contribution < -0.4 is 10.6 Å². The van der Waals surface area contributed by atoms with Crippen LogP contribution in [0.15, 0.2) is 23.3 Å². The summed E-state index contributed by atoms with van der Waals surface area (Å²) in [7, 11) is 1.82. The first-order valence-electron chi connectivity index (χ1n) is 8.31. The standard InChI is InChI=1S/C17H28ClN5/c1-12(2)23-10-13(3)15(11-23)22-17(19-4)20-8-7-14-5-6-16(18)21-9-14/h5-6,9,12-13,15H,7-8,10-11H2,1-4H3,(H2,19,20,22). The lowest BCUT2D eigenvalue weighted by Crippen LogP contribution is -2.47. The number of pyridine rings is 1. The second kappa shape index (κ2) is 8.50. The zero-order valence-corrected chi connectivity index (χ0v) is 15.3. The van der Waals surface area contributed by atoms with E-state index in [0.717, 1.165) is 37.6 Å². The van der Waals surface area contributed by atoms with Crippen molar-refractivity contribution < 1.29 is 0 Å². The van der Waals surface area contributed by atoms with Crippen molar-refractivity contribution in [1.29, 1.82) is 0 Å². The summed E-state index contributed by atoms with van der Waals surface area (Å²) < 4.78 is 0. The van der Waals surface area contributed by atoms with Crippen LogP contribution in [-0.2, 0) is 6.42 Å². The Morgan fingerprint density at radius 2 is 2.22 bits per heavy atom. The van der Waals surface area contributed by atoms with Crippen LogP contribution in [0, 0.1) is 5.92 Å². The minimum atomic E-state index is 0.445. The number of likely N-dealkylation sites (tertiary alicyclic amines) is 1. The summed E-state index contributed by atoms with van der Waals surface area (Å²) in [6.07, 6.45) is 2.71. The Labute approximate surface area is 144 Å². The van der Waals surface area contributed by atoms with Crippen molar-refractivity contribution in [1.82, 2.24) is 20.5 Å². The van der Waals surface area contributed by atoms with Crippen molar-refractivity contribution in [2.75, 3.05) is 26.7 Å². The monoisotopic (exact) mass is 337 g/mol. The Morgan fingerprint density at radius 3 is 2.78 bits per heavy atom. The van der Waals surface area contributed by atoms with Gasteiger partial charge in [-0.2, -0.15) is 0 Å². The second-order valence-electron chi connectivity index (χ2n) is 6.51. The van der Waals surface area contributed by atoms with Crippen LogP contribution in [0.1, 0.15) is 26.3 Å². The molecule has 0 saturated carbocycles. The molecule has 5 nitrogen and oxygen atoms in total. The molecular weight excluding hydrogens is 310 g/mol. The number of hydrogen-bond acceptors (Lipinski definition) is 3. The molecule has 1 aromatic heterocycles. The Morgan fingerprint density at radius 1 is 1.43 bits per heavy atom. The molecule has 1 saturated heterocycles. The first kappa shape index (κ1) is 18.0. The van der Waals surface area contributed by atoms with Gasteiger partial charge in [0.15, 0.2) is 5.96 Å². The fraction of sp³-hybridized carbons (Fsp3) is 0.647. The second-order valence-corrected chi connectivity index (χ2v) is 6.90. The minimum Gasteiger partial charge on any atom is -0.356 e. The van der Waals surface area contributed by atoms with E-state index in [0.29, 0.717) is 23.2 Å². The van der Waals surface area contributed by atoms with Gasteiger partial charge in [-0.1, -0.05) is 24.6 Å². The largest absolute Gasteiger partial charge is 0.356 e. The molecule has 0 amide bonds. The molecule has 2 heterocycles. The molecule has 2 unspecified atom stereocenters. The molecule has 128 valence electrons. The van der Waals surface area contributed by atoms with Gasteiger partial charge in [0.1, 0.15) is 5.15 Å². The van der Waals surface area contributed by atoms with Gasteiger partial charge < -0.3 is 10.6 Å². The van der Waals surface area contributed by atoms with E-state index < -0.39 is 0 Å². The molecular formula is C17H28ClN5. The molecule has 6 heteroatoms. The quantitative estimate of drug-likeness (QED) is 0.491. The summed E-state index contributed by atoms with van der Waals surface area (Å²) in [5.41, 5.74) is 1.16. The maximum absolute atomic E-state index is 5.80. The average Bonchev–Trinajstić information content (AvgIpc) is 2.89. The highest BCUT2D eigenvalue weighted by Crippen LogP contribution is 2.18. The third-order valence-electron chi connectivity index (χ3n) is 4.41. The minimum absolute atomic E-state index is 0.445. The Kier molecular flexibility index (Phi) is 6.66. The zero-order valence-electron chi connectivity index (χ0n) is 14.5. The van der Waals surface area contributed by atoms with E-state index in [1.165, 1.54) is 0 Å². The Hall–Kier alpha value is -1.33. The SMILES string of the molecule is CN=C(NCCc1ccc(Cl)nc1)NC1CN(C(C)C)CC1C. The van der Waals surface area contributed by atoms with Gasteiger partial charge in [-0.25, -0.2) is 4.98 Å². The summed E-state index contributed by atoms with van der Waals surface area (Å²) >= 11 is 5.80. The first-order chi connectivity index (χ1) is 11.0. The summed E-state index contributed by atoms with van der Waals surface area (Å²) in [6, 6.07) is 4.87. The van der Waals surface area contributed by atoms with Crippen LogP contribution in [0.4, 0.5) is 0 Å². The zero-order chi connectivity index (χ0) is 16.8. The van der Waals surface area contributed by atoms with Crippen LogP contribution in [0.5, 0.6) is 0 Å². The van der Waals surface area contributed by atoms with Gasteiger partial charge in [0.25, 0.3) is 0 Å². The van der Waals surface area contributed by atoms with Gasteiger partial charge in [-0.15, -0.1) is 0 Å². The van der Waals surface area contributed by atoms with E-state index in [1.807, 2.05) is 25.4 Å². The molecule has 0 aliphatic carbocycles. The number of halogens is 1. The first-order valence-corrected chi connectivity index (χ1v) is 8.69. The summed E-state index contributed by atoms with van der Waals surface area (Å²) in [4.78, 5) is 11.0. The van der Waals surface area contributed by atoms with E-state index in [1.54, 1.807) is 0 Å². The molecule has 1 aliphatic heterocycles. The van der Waals surface area contributed by atoms with Crippen LogP contribution in [0.2, 0.25) is 5.15 Å². The van der Waals surface area contributed by atoms with Crippen molar-refractivity contribution in [2.24, 2.45) is 10.9 Å². The fourth-order valence-electron chi connectivity index (χ4n) is 2.86. The lowest BCUT2D eigenvalue weighted by atomic mass is 10.1. The molecule has 23 heavy (non-hydrogen) atoms. The Bertz CT molecular complexity index is 514. The normalized spacial score (nSPS) is 22.6. The van der Waals surface area contributed by atoms with E-state index in [2.05, 4.69) is 46.3 Å². The molecule has 2 rings (SSSR count). The summed E-state index contributed by atoms with van der Waals surface area (Å²) in [5.74, 6) is 1.49. The van der Waals surface area contributed by atoms with Gasteiger partial charge in [-0.3, -0.25) is 9.89 Å². The summed E-state index contributed by atoms with van der Waals surface area (Å²) in [6.45, 7) is 9.83. The van der Waals surface area contributed by atoms with E-state index in [4.69, 9.17) is 11.6 Å². The number of nitrogens with zero attached hydrogens (tertiary/aromatic N) is 3. The lowest BCUT2D eigenvalue weighted by molar-refractivity contribution is 0.265. The molecule has 1 aromatic rings. The molecule has 0 radical (unpaired) electrons. The molecule has 0 bridgehead atoms. The van der Waals surface area contributed by atoms with Gasteiger partial charge in [-0.05, 0) is 37.8 Å². The van der Waals surface area contributed by atoms with E-state index >= 15 is 0 Å². The van der Waals surface area contributed by atoms with Gasteiger partial charge >= 0.3 is 0 Å². The number of nitrogens with one attached hydrogen (secondary N) is 2. The molecule has 1 fully saturated rings. The van der Waals surface area contributed by atoms with Crippen molar-refractivity contribution in [3.05, 3.63) is 29.0 Å². The fourth-order valence-corrected chi connectivity index (χ4v) is 2.98. The molecule has 0 spiro atoms. The maximum Gasteiger partial charge on any atom is 0.191 e. The van der Waals surface area contributed by atoms with Gasteiger partial charge in [0.05, 0.1) is 0 Å².